The minimum atomic E-state index is -4.50. The first-order valence-electron chi connectivity index (χ1n) is 7.87. The van der Waals surface area contributed by atoms with Crippen molar-refractivity contribution in [3.05, 3.63) is 59.2 Å². The number of hydrazine groups is 1. The molecule has 144 valence electrons. The smallest absolute Gasteiger partial charge is 0.416 e. The van der Waals surface area contributed by atoms with E-state index in [2.05, 4.69) is 16.2 Å². The fraction of sp³-hybridized carbons (Fsp3) is 0.222. The van der Waals surface area contributed by atoms with Crippen molar-refractivity contribution in [1.82, 2.24) is 10.9 Å². The topological polar surface area (TPSA) is 79.5 Å². The van der Waals surface area contributed by atoms with Crippen LogP contribution >= 0.6 is 0 Å². The van der Waals surface area contributed by atoms with Gasteiger partial charge in [0.25, 0.3) is 5.91 Å². The molecule has 3 amide bonds. The maximum Gasteiger partial charge on any atom is 0.416 e. The zero-order valence-corrected chi connectivity index (χ0v) is 14.6. The third-order valence-corrected chi connectivity index (χ3v) is 3.33. The summed E-state index contributed by atoms with van der Waals surface area (Å²) in [5.41, 5.74) is 5.83. The fourth-order valence-corrected chi connectivity index (χ4v) is 2.28. The molecule has 27 heavy (non-hydrogen) atoms. The number of hydrogen-bond donors (Lipinski definition) is 3. The molecule has 0 saturated heterocycles. The molecule has 0 radical (unpaired) electrons. The largest absolute Gasteiger partial charge is 0.484 e. The highest BCUT2D eigenvalue weighted by Crippen LogP contribution is 2.31. The number of nitrogens with one attached hydrogen (secondary N) is 3. The van der Waals surface area contributed by atoms with Crippen LogP contribution in [0.2, 0.25) is 0 Å². The van der Waals surface area contributed by atoms with E-state index in [1.807, 2.05) is 19.9 Å². The molecular formula is C18H18F3N3O3. The van der Waals surface area contributed by atoms with E-state index >= 15 is 0 Å². The minimum absolute atomic E-state index is 0.111. The van der Waals surface area contributed by atoms with E-state index in [4.69, 9.17) is 4.74 Å². The maximum atomic E-state index is 12.6. The Labute approximate surface area is 153 Å². The summed E-state index contributed by atoms with van der Waals surface area (Å²) in [5.74, 6) is -0.845. The van der Waals surface area contributed by atoms with Crippen LogP contribution in [-0.4, -0.2) is 18.5 Å². The first-order chi connectivity index (χ1) is 12.6. The highest BCUT2D eigenvalue weighted by molar-refractivity contribution is 5.91. The van der Waals surface area contributed by atoms with Crippen molar-refractivity contribution in [2.45, 2.75) is 20.0 Å². The van der Waals surface area contributed by atoms with Crippen LogP contribution in [0.3, 0.4) is 0 Å². The van der Waals surface area contributed by atoms with E-state index in [1.54, 1.807) is 12.1 Å². The van der Waals surface area contributed by atoms with Crippen molar-refractivity contribution in [3.8, 4) is 5.75 Å². The van der Waals surface area contributed by atoms with Gasteiger partial charge in [-0.3, -0.25) is 10.2 Å². The third kappa shape index (κ3) is 6.53. The van der Waals surface area contributed by atoms with E-state index < -0.39 is 30.3 Å². The lowest BCUT2D eigenvalue weighted by atomic mass is 10.1. The van der Waals surface area contributed by atoms with Crippen LogP contribution < -0.4 is 20.9 Å². The van der Waals surface area contributed by atoms with E-state index in [1.165, 1.54) is 12.1 Å². The van der Waals surface area contributed by atoms with Crippen molar-refractivity contribution in [1.29, 1.82) is 0 Å². The number of carbonyl (C=O) groups is 2. The summed E-state index contributed by atoms with van der Waals surface area (Å²) in [6.45, 7) is 3.19. The van der Waals surface area contributed by atoms with E-state index in [-0.39, 0.29) is 5.75 Å². The van der Waals surface area contributed by atoms with Crippen molar-refractivity contribution in [2.24, 2.45) is 0 Å². The van der Waals surface area contributed by atoms with Gasteiger partial charge in [0.05, 0.1) is 5.56 Å². The highest BCUT2D eigenvalue weighted by atomic mass is 19.4. The Kier molecular flexibility index (Phi) is 6.27. The first-order valence-corrected chi connectivity index (χ1v) is 7.87. The molecule has 0 atom stereocenters. The van der Waals surface area contributed by atoms with Crippen LogP contribution in [0.15, 0.2) is 42.5 Å². The summed E-state index contributed by atoms with van der Waals surface area (Å²) in [4.78, 5) is 23.4. The van der Waals surface area contributed by atoms with E-state index in [0.29, 0.717) is 5.69 Å². The molecule has 0 bridgehead atoms. The SMILES string of the molecule is Cc1cc(C)cc(NC(=O)NNC(=O)COc2cccc(C(F)(F)F)c2)c1. The average Bonchev–Trinajstić information content (AvgIpc) is 2.56. The third-order valence-electron chi connectivity index (χ3n) is 3.33. The van der Waals surface area contributed by atoms with E-state index in [0.717, 1.165) is 23.3 Å². The summed E-state index contributed by atoms with van der Waals surface area (Å²) < 4.78 is 42.8. The number of aryl methyl sites for hydroxylation is 2. The average molecular weight is 381 g/mol. The summed E-state index contributed by atoms with van der Waals surface area (Å²) in [6, 6.07) is 8.92. The number of ether oxygens (including phenoxy) is 1. The van der Waals surface area contributed by atoms with Crippen molar-refractivity contribution in [3.63, 3.8) is 0 Å². The first kappa shape index (κ1) is 20.1. The lowest BCUT2D eigenvalue weighted by Gasteiger charge is -2.12. The number of benzene rings is 2. The summed E-state index contributed by atoms with van der Waals surface area (Å²) in [6.07, 6.45) is -4.50. The van der Waals surface area contributed by atoms with Gasteiger partial charge in [-0.05, 0) is 55.3 Å². The van der Waals surface area contributed by atoms with Gasteiger partial charge in [0.1, 0.15) is 5.75 Å². The molecule has 0 aliphatic heterocycles. The molecule has 3 N–H and O–H groups in total. The lowest BCUT2D eigenvalue weighted by molar-refractivity contribution is -0.137. The zero-order valence-electron chi connectivity index (χ0n) is 14.6. The molecule has 0 saturated carbocycles. The van der Waals surface area contributed by atoms with Gasteiger partial charge in [-0.1, -0.05) is 12.1 Å². The Morgan fingerprint density at radius 2 is 1.67 bits per heavy atom. The number of carbonyl (C=O) groups excluding carboxylic acids is 2. The number of urea groups is 1. The number of rotatable bonds is 4. The normalized spacial score (nSPS) is 10.9. The lowest BCUT2D eigenvalue weighted by Crippen LogP contribution is -2.45. The minimum Gasteiger partial charge on any atom is -0.484 e. The quantitative estimate of drug-likeness (QED) is 0.709. The molecule has 0 fully saturated rings. The van der Waals surface area contributed by atoms with Gasteiger partial charge in [0.15, 0.2) is 6.61 Å². The Morgan fingerprint density at radius 3 is 2.30 bits per heavy atom. The number of anilines is 1. The monoisotopic (exact) mass is 381 g/mol. The van der Waals surface area contributed by atoms with Gasteiger partial charge in [-0.25, -0.2) is 10.2 Å². The molecule has 9 heteroatoms. The molecule has 0 spiro atoms. The number of alkyl halides is 3. The Bertz CT molecular complexity index is 818. The summed E-state index contributed by atoms with van der Waals surface area (Å²) in [7, 11) is 0. The molecule has 0 unspecified atom stereocenters. The van der Waals surface area contributed by atoms with Crippen LogP contribution in [0, 0.1) is 13.8 Å². The molecule has 6 nitrogen and oxygen atoms in total. The highest BCUT2D eigenvalue weighted by Gasteiger charge is 2.30. The molecule has 2 rings (SSSR count). The van der Waals surface area contributed by atoms with Gasteiger partial charge in [-0.15, -0.1) is 0 Å². The van der Waals surface area contributed by atoms with Gasteiger partial charge in [0.2, 0.25) is 0 Å². The van der Waals surface area contributed by atoms with Crippen LogP contribution in [0.25, 0.3) is 0 Å². The Balaban J connectivity index is 1.80. The standard InChI is InChI=1S/C18H18F3N3O3/c1-11-6-12(2)8-14(7-11)22-17(26)24-23-16(25)10-27-15-5-3-4-13(9-15)18(19,20)21/h3-9H,10H2,1-2H3,(H,23,25)(H2,22,24,26). The van der Waals surface area contributed by atoms with Crippen LogP contribution in [-0.2, 0) is 11.0 Å². The van der Waals surface area contributed by atoms with Crippen LogP contribution in [0.5, 0.6) is 5.75 Å². The molecule has 0 aliphatic rings. The Hall–Kier alpha value is -3.23. The van der Waals surface area contributed by atoms with Crippen LogP contribution in [0.1, 0.15) is 16.7 Å². The predicted molar refractivity (Wildman–Crippen MR) is 93.2 cm³/mol. The van der Waals surface area contributed by atoms with Gasteiger partial charge < -0.3 is 10.1 Å². The van der Waals surface area contributed by atoms with Crippen LogP contribution in [0.4, 0.5) is 23.7 Å². The molecule has 0 aromatic heterocycles. The second-order valence-corrected chi connectivity index (χ2v) is 5.82. The number of hydrogen-bond acceptors (Lipinski definition) is 3. The van der Waals surface area contributed by atoms with E-state index in [9.17, 15) is 22.8 Å². The summed E-state index contributed by atoms with van der Waals surface area (Å²) in [5, 5.41) is 2.55. The number of amides is 3. The molecule has 0 aliphatic carbocycles. The predicted octanol–water partition coefficient (Wildman–Crippen LogP) is 3.55. The zero-order chi connectivity index (χ0) is 20.0. The molecular weight excluding hydrogens is 363 g/mol. The summed E-state index contributed by atoms with van der Waals surface area (Å²) >= 11 is 0. The van der Waals surface area contributed by atoms with Crippen molar-refractivity contribution >= 4 is 17.6 Å². The second-order valence-electron chi connectivity index (χ2n) is 5.82. The fourth-order valence-electron chi connectivity index (χ4n) is 2.28. The van der Waals surface area contributed by atoms with Gasteiger partial charge >= 0.3 is 12.2 Å². The Morgan fingerprint density at radius 1 is 1.00 bits per heavy atom. The van der Waals surface area contributed by atoms with Gasteiger partial charge in [0, 0.05) is 5.69 Å². The van der Waals surface area contributed by atoms with Crippen molar-refractivity contribution < 1.29 is 27.5 Å². The van der Waals surface area contributed by atoms with Gasteiger partial charge in [-0.2, -0.15) is 13.2 Å². The molecule has 0 heterocycles. The van der Waals surface area contributed by atoms with Crippen molar-refractivity contribution in [2.75, 3.05) is 11.9 Å². The maximum absolute atomic E-state index is 12.6. The second kappa shape index (κ2) is 8.43. The molecule has 2 aromatic carbocycles. The molecule has 2 aromatic rings. The number of halogens is 3.